The molecular formula is C12H23N3O. The van der Waals surface area contributed by atoms with Crippen molar-refractivity contribution in [1.82, 2.24) is 15.1 Å². The van der Waals surface area contributed by atoms with E-state index in [-0.39, 0.29) is 0 Å². The van der Waals surface area contributed by atoms with Gasteiger partial charge >= 0.3 is 0 Å². The predicted octanol–water partition coefficient (Wildman–Crippen LogP) is 1.98. The van der Waals surface area contributed by atoms with Crippen molar-refractivity contribution in [3.63, 3.8) is 0 Å². The molecule has 16 heavy (non-hydrogen) atoms. The Bertz CT molecular complexity index is 286. The third kappa shape index (κ3) is 3.94. The maximum absolute atomic E-state index is 5.03. The second kappa shape index (κ2) is 7.41. The summed E-state index contributed by atoms with van der Waals surface area (Å²) in [6.07, 6.45) is 6.31. The second-order valence-corrected chi connectivity index (χ2v) is 3.94. The van der Waals surface area contributed by atoms with Crippen LogP contribution in [0.4, 0.5) is 0 Å². The molecule has 0 fully saturated rings. The zero-order valence-electron chi connectivity index (χ0n) is 10.6. The van der Waals surface area contributed by atoms with Gasteiger partial charge in [-0.3, -0.25) is 4.68 Å². The highest BCUT2D eigenvalue weighted by atomic mass is 16.5. The van der Waals surface area contributed by atoms with Crippen molar-refractivity contribution in [3.8, 4) is 0 Å². The van der Waals surface area contributed by atoms with Crippen LogP contribution in [0.5, 0.6) is 0 Å². The van der Waals surface area contributed by atoms with E-state index < -0.39 is 0 Å². The van der Waals surface area contributed by atoms with Gasteiger partial charge in [0.1, 0.15) is 0 Å². The minimum Gasteiger partial charge on any atom is -0.383 e. The highest BCUT2D eigenvalue weighted by Gasteiger charge is 2.10. The molecule has 0 aromatic carbocycles. The summed E-state index contributed by atoms with van der Waals surface area (Å²) in [7, 11) is 1.71. The molecule has 0 saturated heterocycles. The van der Waals surface area contributed by atoms with Crippen molar-refractivity contribution in [2.24, 2.45) is 0 Å². The Kier molecular flexibility index (Phi) is 6.11. The number of nitrogens with zero attached hydrogens (tertiary/aromatic N) is 2. The van der Waals surface area contributed by atoms with Crippen LogP contribution in [0.3, 0.4) is 0 Å². The molecule has 1 heterocycles. The summed E-state index contributed by atoms with van der Waals surface area (Å²) in [5.74, 6) is 0. The molecule has 1 atom stereocenters. The quantitative estimate of drug-likeness (QED) is 0.735. The maximum Gasteiger partial charge on any atom is 0.0658 e. The fourth-order valence-electron chi connectivity index (χ4n) is 1.68. The van der Waals surface area contributed by atoms with E-state index in [1.54, 1.807) is 7.11 Å². The first kappa shape index (κ1) is 13.2. The van der Waals surface area contributed by atoms with Gasteiger partial charge in [0.2, 0.25) is 0 Å². The summed E-state index contributed by atoms with van der Waals surface area (Å²) in [5.41, 5.74) is 1.27. The van der Waals surface area contributed by atoms with Crippen LogP contribution in [0, 0.1) is 0 Å². The Morgan fingerprint density at radius 2 is 2.31 bits per heavy atom. The smallest absolute Gasteiger partial charge is 0.0658 e. The van der Waals surface area contributed by atoms with Gasteiger partial charge in [0.05, 0.1) is 19.3 Å². The Labute approximate surface area is 98.0 Å². The third-order valence-corrected chi connectivity index (χ3v) is 2.63. The van der Waals surface area contributed by atoms with Crippen LogP contribution >= 0.6 is 0 Å². The van der Waals surface area contributed by atoms with Crippen molar-refractivity contribution >= 4 is 0 Å². The van der Waals surface area contributed by atoms with Crippen molar-refractivity contribution in [2.45, 2.75) is 39.3 Å². The lowest BCUT2D eigenvalue weighted by Gasteiger charge is -2.14. The number of nitrogens with one attached hydrogen (secondary N) is 1. The van der Waals surface area contributed by atoms with Gasteiger partial charge in [-0.15, -0.1) is 0 Å². The summed E-state index contributed by atoms with van der Waals surface area (Å²) >= 11 is 0. The number of aromatic nitrogens is 2. The zero-order valence-corrected chi connectivity index (χ0v) is 10.6. The topological polar surface area (TPSA) is 39.1 Å². The Morgan fingerprint density at radius 1 is 1.50 bits per heavy atom. The van der Waals surface area contributed by atoms with Crippen molar-refractivity contribution in [2.75, 3.05) is 20.3 Å². The molecule has 0 spiro atoms. The summed E-state index contributed by atoms with van der Waals surface area (Å²) < 4.78 is 6.97. The van der Waals surface area contributed by atoms with E-state index in [2.05, 4.69) is 30.5 Å². The van der Waals surface area contributed by atoms with Gasteiger partial charge in [-0.2, -0.15) is 5.10 Å². The van der Waals surface area contributed by atoms with E-state index in [4.69, 9.17) is 4.74 Å². The Morgan fingerprint density at radius 3 is 2.94 bits per heavy atom. The van der Waals surface area contributed by atoms with Gasteiger partial charge in [-0.25, -0.2) is 0 Å². The average Bonchev–Trinajstić information content (AvgIpc) is 2.76. The number of rotatable bonds is 8. The van der Waals surface area contributed by atoms with Gasteiger partial charge in [0.25, 0.3) is 0 Å². The number of ether oxygens (including phenoxy) is 1. The predicted molar refractivity (Wildman–Crippen MR) is 65.4 cm³/mol. The molecule has 0 aliphatic carbocycles. The average molecular weight is 225 g/mol. The molecule has 4 heteroatoms. The van der Waals surface area contributed by atoms with E-state index in [0.717, 1.165) is 25.9 Å². The first-order valence-corrected chi connectivity index (χ1v) is 6.06. The highest BCUT2D eigenvalue weighted by molar-refractivity contribution is 5.10. The maximum atomic E-state index is 5.03. The van der Waals surface area contributed by atoms with Crippen LogP contribution in [-0.4, -0.2) is 30.0 Å². The molecule has 4 nitrogen and oxygen atoms in total. The van der Waals surface area contributed by atoms with E-state index >= 15 is 0 Å². The van der Waals surface area contributed by atoms with Crippen LogP contribution in [0.2, 0.25) is 0 Å². The largest absolute Gasteiger partial charge is 0.383 e. The van der Waals surface area contributed by atoms with Crippen LogP contribution in [0.1, 0.15) is 38.3 Å². The van der Waals surface area contributed by atoms with E-state index in [1.807, 2.05) is 10.9 Å². The fraction of sp³-hybridized carbons (Fsp3) is 0.750. The first-order valence-electron chi connectivity index (χ1n) is 6.06. The molecule has 0 aliphatic heterocycles. The monoisotopic (exact) mass is 225 g/mol. The molecule has 0 radical (unpaired) electrons. The Hall–Kier alpha value is -0.870. The lowest BCUT2D eigenvalue weighted by Crippen LogP contribution is -2.21. The van der Waals surface area contributed by atoms with Crippen molar-refractivity contribution in [3.05, 3.63) is 18.0 Å². The van der Waals surface area contributed by atoms with Crippen LogP contribution in [0.25, 0.3) is 0 Å². The summed E-state index contributed by atoms with van der Waals surface area (Å²) in [4.78, 5) is 0. The van der Waals surface area contributed by atoms with Crippen LogP contribution in [0.15, 0.2) is 12.4 Å². The van der Waals surface area contributed by atoms with Gasteiger partial charge in [0, 0.05) is 24.9 Å². The minimum atomic E-state index is 0.427. The van der Waals surface area contributed by atoms with Gasteiger partial charge in [0.15, 0.2) is 0 Å². The first-order chi connectivity index (χ1) is 7.81. The summed E-state index contributed by atoms with van der Waals surface area (Å²) in [6, 6.07) is 0.427. The fourth-order valence-corrected chi connectivity index (χ4v) is 1.68. The normalized spacial score (nSPS) is 12.9. The molecule has 1 aromatic rings. The summed E-state index contributed by atoms with van der Waals surface area (Å²) in [5, 5.41) is 7.85. The second-order valence-electron chi connectivity index (χ2n) is 3.94. The SMILES string of the molecule is CCCNC(CC)c1cnn(CCOC)c1. The van der Waals surface area contributed by atoms with Crippen molar-refractivity contribution < 1.29 is 4.74 Å². The summed E-state index contributed by atoms with van der Waals surface area (Å²) in [6.45, 7) is 6.96. The molecule has 0 amide bonds. The standard InChI is InChI=1S/C12H23N3O/c1-4-6-13-12(5-2)11-9-14-15(10-11)7-8-16-3/h9-10,12-13H,4-8H2,1-3H3. The van der Waals surface area contributed by atoms with Crippen LogP contribution in [-0.2, 0) is 11.3 Å². The third-order valence-electron chi connectivity index (χ3n) is 2.63. The molecule has 0 bridgehead atoms. The molecule has 1 aromatic heterocycles. The molecular weight excluding hydrogens is 202 g/mol. The van der Waals surface area contributed by atoms with E-state index in [9.17, 15) is 0 Å². The number of hydrogen-bond acceptors (Lipinski definition) is 3. The Balaban J connectivity index is 2.52. The molecule has 1 N–H and O–H groups in total. The zero-order chi connectivity index (χ0) is 11.8. The number of hydrogen-bond donors (Lipinski definition) is 1. The van der Waals surface area contributed by atoms with Crippen LogP contribution < -0.4 is 5.32 Å². The van der Waals surface area contributed by atoms with Gasteiger partial charge < -0.3 is 10.1 Å². The molecule has 92 valence electrons. The lowest BCUT2D eigenvalue weighted by atomic mass is 10.1. The van der Waals surface area contributed by atoms with Crippen molar-refractivity contribution in [1.29, 1.82) is 0 Å². The molecule has 0 aliphatic rings. The molecule has 1 rings (SSSR count). The number of methoxy groups -OCH3 is 1. The van der Waals surface area contributed by atoms with Gasteiger partial charge in [-0.05, 0) is 19.4 Å². The molecule has 0 saturated carbocycles. The van der Waals surface area contributed by atoms with Gasteiger partial charge in [-0.1, -0.05) is 13.8 Å². The lowest BCUT2D eigenvalue weighted by molar-refractivity contribution is 0.183. The van der Waals surface area contributed by atoms with E-state index in [0.29, 0.717) is 12.6 Å². The molecule has 1 unspecified atom stereocenters. The minimum absolute atomic E-state index is 0.427. The van der Waals surface area contributed by atoms with E-state index in [1.165, 1.54) is 5.56 Å². The highest BCUT2D eigenvalue weighted by Crippen LogP contribution is 2.15.